The molecule has 0 spiro atoms. The highest BCUT2D eigenvalue weighted by molar-refractivity contribution is 7.16. The van der Waals surface area contributed by atoms with E-state index in [0.717, 1.165) is 18.0 Å². The summed E-state index contributed by atoms with van der Waals surface area (Å²) in [5.41, 5.74) is 2.97. The first-order chi connectivity index (χ1) is 8.86. The van der Waals surface area contributed by atoms with Gasteiger partial charge in [0.25, 0.3) is 0 Å². The van der Waals surface area contributed by atoms with Gasteiger partial charge in [-0.3, -0.25) is 0 Å². The number of aromatic nitrogens is 1. The summed E-state index contributed by atoms with van der Waals surface area (Å²) in [5.74, 6) is 0.838. The second-order valence-corrected chi connectivity index (χ2v) is 4.86. The van der Waals surface area contributed by atoms with Crippen LogP contribution in [0, 0.1) is 5.92 Å². The average molecular weight is 258 g/mol. The molecule has 1 aromatic carbocycles. The Balaban J connectivity index is 0.000000163. The van der Waals surface area contributed by atoms with E-state index in [2.05, 4.69) is 37.2 Å². The Morgan fingerprint density at radius 1 is 1.33 bits per heavy atom. The van der Waals surface area contributed by atoms with Gasteiger partial charge in [-0.25, -0.2) is 4.98 Å². The summed E-state index contributed by atoms with van der Waals surface area (Å²) < 4.78 is 1.26. The quantitative estimate of drug-likeness (QED) is 0.730. The minimum Gasteiger partial charge on any atom is -0.391 e. The van der Waals surface area contributed by atoms with E-state index in [9.17, 15) is 0 Å². The van der Waals surface area contributed by atoms with Crippen molar-refractivity contribution in [2.75, 3.05) is 6.54 Å². The molecule has 0 aliphatic carbocycles. The number of nitrogens with zero attached hydrogens (tertiary/aromatic N) is 1. The van der Waals surface area contributed by atoms with Gasteiger partial charge >= 0.3 is 0 Å². The number of nitrogens with one attached hydrogen (secondary N) is 1. The number of allylic oxidation sites excluding steroid dienone is 1. The number of hydrogen-bond donors (Lipinski definition) is 1. The lowest BCUT2D eigenvalue weighted by molar-refractivity contribution is 0.541. The lowest BCUT2D eigenvalue weighted by atomic mass is 10.1. The van der Waals surface area contributed by atoms with Crippen LogP contribution in [-0.4, -0.2) is 19.4 Å². The van der Waals surface area contributed by atoms with Crippen molar-refractivity contribution in [1.82, 2.24) is 10.3 Å². The summed E-state index contributed by atoms with van der Waals surface area (Å²) in [7, 11) is 4.50. The molecule has 1 aliphatic heterocycles. The van der Waals surface area contributed by atoms with Crippen molar-refractivity contribution in [2.45, 2.75) is 20.2 Å². The summed E-state index contributed by atoms with van der Waals surface area (Å²) in [6.07, 6.45) is 5.45. The Labute approximate surface area is 115 Å². The molecule has 2 heterocycles. The van der Waals surface area contributed by atoms with E-state index in [1.807, 2.05) is 29.9 Å². The fourth-order valence-electron chi connectivity index (χ4n) is 1.54. The van der Waals surface area contributed by atoms with Crippen LogP contribution in [0.25, 0.3) is 10.2 Å². The van der Waals surface area contributed by atoms with E-state index < -0.39 is 0 Å². The third kappa shape index (κ3) is 4.92. The fourth-order valence-corrected chi connectivity index (χ4v) is 2.22. The Morgan fingerprint density at radius 3 is 2.67 bits per heavy atom. The number of rotatable bonds is 0. The van der Waals surface area contributed by atoms with Gasteiger partial charge in [-0.05, 0) is 30.7 Å². The lowest BCUT2D eigenvalue weighted by Crippen LogP contribution is -2.18. The molecule has 4 heteroatoms. The van der Waals surface area contributed by atoms with Crippen LogP contribution in [0.2, 0.25) is 6.82 Å². The van der Waals surface area contributed by atoms with Crippen molar-refractivity contribution < 1.29 is 0 Å². The van der Waals surface area contributed by atoms with Gasteiger partial charge in [0.1, 0.15) is 0 Å². The molecule has 2 nitrogen and oxygen atoms in total. The Kier molecular flexibility index (Phi) is 7.19. The highest BCUT2D eigenvalue weighted by atomic mass is 32.1. The molecule has 0 fully saturated rings. The van der Waals surface area contributed by atoms with E-state index >= 15 is 0 Å². The monoisotopic (exact) mass is 258 g/mol. The largest absolute Gasteiger partial charge is 0.391 e. The smallest absolute Gasteiger partial charge is 0.0812 e. The minimum atomic E-state index is 0.838. The van der Waals surface area contributed by atoms with Crippen LogP contribution in [-0.2, 0) is 0 Å². The Hall–Kier alpha value is -1.29. The van der Waals surface area contributed by atoms with Gasteiger partial charge in [0.2, 0.25) is 0 Å². The van der Waals surface area contributed by atoms with E-state index in [4.69, 9.17) is 0 Å². The molecule has 1 aromatic heterocycles. The summed E-state index contributed by atoms with van der Waals surface area (Å²) in [5, 5.41) is 3.15. The third-order valence-electron chi connectivity index (χ3n) is 2.48. The van der Waals surface area contributed by atoms with Crippen molar-refractivity contribution in [3.05, 3.63) is 42.1 Å². The first kappa shape index (κ1) is 14.8. The fraction of sp³-hybridized carbons (Fsp3) is 0.357. The predicted molar refractivity (Wildman–Crippen MR) is 82.2 cm³/mol. The summed E-state index contributed by atoms with van der Waals surface area (Å²) in [4.78, 5) is 4.14. The second kappa shape index (κ2) is 8.75. The highest BCUT2D eigenvalue weighted by Crippen LogP contribution is 2.15. The van der Waals surface area contributed by atoms with Gasteiger partial charge in [-0.1, -0.05) is 32.0 Å². The van der Waals surface area contributed by atoms with Gasteiger partial charge < -0.3 is 5.32 Å². The molecule has 1 N–H and O–H groups in total. The van der Waals surface area contributed by atoms with Crippen LogP contribution >= 0.6 is 11.3 Å². The zero-order valence-corrected chi connectivity index (χ0v) is 11.8. The average Bonchev–Trinajstić information content (AvgIpc) is 2.91. The van der Waals surface area contributed by atoms with Gasteiger partial charge in [0.15, 0.2) is 0 Å². The SMILES string of the molecule is CC1CC=CNC1.[B]C.c1ccc2scnc2c1. The van der Waals surface area contributed by atoms with E-state index in [1.54, 1.807) is 11.3 Å². The highest BCUT2D eigenvalue weighted by Gasteiger charge is 1.99. The van der Waals surface area contributed by atoms with Crippen molar-refractivity contribution in [3.8, 4) is 0 Å². The maximum absolute atomic E-state index is 4.50. The molecule has 1 unspecified atom stereocenters. The van der Waals surface area contributed by atoms with Crippen LogP contribution in [0.15, 0.2) is 42.1 Å². The summed E-state index contributed by atoms with van der Waals surface area (Å²) >= 11 is 1.68. The molecule has 0 saturated heterocycles. The van der Waals surface area contributed by atoms with Crippen LogP contribution < -0.4 is 5.32 Å². The molecule has 1 aliphatic rings. The zero-order valence-electron chi connectivity index (χ0n) is 11.0. The van der Waals surface area contributed by atoms with Crippen molar-refractivity contribution in [3.63, 3.8) is 0 Å². The summed E-state index contributed by atoms with van der Waals surface area (Å²) in [6, 6.07) is 8.13. The topological polar surface area (TPSA) is 24.9 Å². The molecular weight excluding hydrogens is 239 g/mol. The number of fused-ring (bicyclic) bond motifs is 1. The maximum Gasteiger partial charge on any atom is 0.0812 e. The molecular formula is C14H19BN2S. The van der Waals surface area contributed by atoms with Gasteiger partial charge in [0.05, 0.1) is 23.6 Å². The maximum atomic E-state index is 4.50. The molecule has 18 heavy (non-hydrogen) atoms. The zero-order chi connectivity index (χ0) is 13.2. The number of benzene rings is 1. The van der Waals surface area contributed by atoms with Crippen LogP contribution in [0.3, 0.4) is 0 Å². The molecule has 0 bridgehead atoms. The van der Waals surface area contributed by atoms with Crippen LogP contribution in [0.5, 0.6) is 0 Å². The number of hydrogen-bond acceptors (Lipinski definition) is 3. The Morgan fingerprint density at radius 2 is 2.11 bits per heavy atom. The summed E-state index contributed by atoms with van der Waals surface area (Å²) in [6.45, 7) is 4.90. The van der Waals surface area contributed by atoms with E-state index in [1.165, 1.54) is 17.9 Å². The molecule has 0 saturated carbocycles. The lowest BCUT2D eigenvalue weighted by Gasteiger charge is -2.12. The van der Waals surface area contributed by atoms with Crippen molar-refractivity contribution in [2.24, 2.45) is 5.92 Å². The van der Waals surface area contributed by atoms with Crippen LogP contribution in [0.1, 0.15) is 13.3 Å². The Bertz CT molecular complexity index is 437. The first-order valence-corrected chi connectivity index (χ1v) is 6.98. The number of thiazole rings is 1. The standard InChI is InChI=1S/C7H5NS.C6H11N.CH3B/c1-2-4-7-6(3-1)8-5-9-7;1-6-3-2-4-7-5-6;1-2/h1-5H;2,4,6-7H,3,5H2,1H3;1H3. The van der Waals surface area contributed by atoms with Gasteiger partial charge in [0, 0.05) is 6.54 Å². The van der Waals surface area contributed by atoms with Crippen molar-refractivity contribution in [1.29, 1.82) is 0 Å². The first-order valence-electron chi connectivity index (χ1n) is 6.10. The predicted octanol–water partition coefficient (Wildman–Crippen LogP) is 3.63. The second-order valence-electron chi connectivity index (χ2n) is 3.97. The molecule has 0 amide bonds. The molecule has 2 radical (unpaired) electrons. The molecule has 1 atom stereocenters. The van der Waals surface area contributed by atoms with Gasteiger partial charge in [-0.2, -0.15) is 0 Å². The molecule has 94 valence electrons. The molecule has 2 aromatic rings. The molecule has 3 rings (SSSR count). The third-order valence-corrected chi connectivity index (χ3v) is 3.29. The van der Waals surface area contributed by atoms with Crippen LogP contribution in [0.4, 0.5) is 0 Å². The normalized spacial score (nSPS) is 16.9. The van der Waals surface area contributed by atoms with Gasteiger partial charge in [-0.15, -0.1) is 11.3 Å². The van der Waals surface area contributed by atoms with E-state index in [-0.39, 0.29) is 0 Å². The van der Waals surface area contributed by atoms with Crippen molar-refractivity contribution >= 4 is 29.4 Å². The number of para-hydroxylation sites is 1. The van der Waals surface area contributed by atoms with E-state index in [0.29, 0.717) is 0 Å². The minimum absolute atomic E-state index is 0.838.